The zero-order valence-electron chi connectivity index (χ0n) is 12.7. The van der Waals surface area contributed by atoms with Crippen LogP contribution < -0.4 is 5.32 Å². The van der Waals surface area contributed by atoms with E-state index in [1.807, 2.05) is 25.1 Å². The summed E-state index contributed by atoms with van der Waals surface area (Å²) in [5.41, 5.74) is 1.63. The second kappa shape index (κ2) is 6.68. The van der Waals surface area contributed by atoms with Gasteiger partial charge in [0.15, 0.2) is 0 Å². The molecular weight excluding hydrogens is 378 g/mol. The van der Waals surface area contributed by atoms with E-state index in [0.717, 1.165) is 15.6 Å². The van der Waals surface area contributed by atoms with Crippen molar-refractivity contribution in [1.82, 2.24) is 14.6 Å². The van der Waals surface area contributed by atoms with Crippen LogP contribution in [-0.4, -0.2) is 37.3 Å². The number of rotatable bonds is 3. The topological polar surface area (TPSA) is 62.3 Å². The van der Waals surface area contributed by atoms with Gasteiger partial charge in [0.25, 0.3) is 0 Å². The van der Waals surface area contributed by atoms with Gasteiger partial charge in [-0.1, -0.05) is 28.1 Å². The van der Waals surface area contributed by atoms with Gasteiger partial charge in [0.1, 0.15) is 0 Å². The Balaban J connectivity index is 2.05. The standard InChI is InChI=1S/C16H18BrN3O2S/c1-12-14(17)5-2-6-16(12)23(21,22)20-9-8-19-11-15(20)13-4-3-7-18-10-13/h2-7,10,15,19H,8-9,11H2,1H3. The molecule has 0 aliphatic carbocycles. The van der Waals surface area contributed by atoms with Crippen LogP contribution in [0.1, 0.15) is 17.2 Å². The minimum Gasteiger partial charge on any atom is -0.313 e. The van der Waals surface area contributed by atoms with Crippen molar-refractivity contribution in [2.24, 2.45) is 0 Å². The third-order valence-corrected chi connectivity index (χ3v) is 6.98. The highest BCUT2D eigenvalue weighted by molar-refractivity contribution is 9.10. The van der Waals surface area contributed by atoms with Crippen molar-refractivity contribution in [1.29, 1.82) is 0 Å². The molecule has 2 heterocycles. The van der Waals surface area contributed by atoms with E-state index < -0.39 is 10.0 Å². The van der Waals surface area contributed by atoms with Crippen molar-refractivity contribution >= 4 is 26.0 Å². The van der Waals surface area contributed by atoms with E-state index in [0.29, 0.717) is 24.5 Å². The van der Waals surface area contributed by atoms with E-state index in [9.17, 15) is 8.42 Å². The molecule has 1 N–H and O–H groups in total. The summed E-state index contributed by atoms with van der Waals surface area (Å²) in [6.45, 7) is 3.48. The summed E-state index contributed by atoms with van der Waals surface area (Å²) in [5, 5.41) is 3.27. The highest BCUT2D eigenvalue weighted by Gasteiger charge is 2.35. The Labute approximate surface area is 144 Å². The summed E-state index contributed by atoms with van der Waals surface area (Å²) in [6, 6.07) is 8.77. The second-order valence-electron chi connectivity index (χ2n) is 5.49. The lowest BCUT2D eigenvalue weighted by atomic mass is 10.1. The first-order valence-electron chi connectivity index (χ1n) is 7.39. The maximum absolute atomic E-state index is 13.2. The Morgan fingerprint density at radius 3 is 2.87 bits per heavy atom. The van der Waals surface area contributed by atoms with Gasteiger partial charge in [-0.05, 0) is 36.2 Å². The molecule has 23 heavy (non-hydrogen) atoms. The summed E-state index contributed by atoms with van der Waals surface area (Å²) in [5.74, 6) is 0. The Morgan fingerprint density at radius 1 is 1.30 bits per heavy atom. The molecule has 1 aromatic carbocycles. The van der Waals surface area contributed by atoms with Crippen LogP contribution in [0, 0.1) is 6.92 Å². The molecule has 0 bridgehead atoms. The average Bonchev–Trinajstić information content (AvgIpc) is 2.58. The number of pyridine rings is 1. The van der Waals surface area contributed by atoms with Crippen LogP contribution in [0.2, 0.25) is 0 Å². The number of hydrogen-bond acceptors (Lipinski definition) is 4. The quantitative estimate of drug-likeness (QED) is 0.866. The third-order valence-electron chi connectivity index (χ3n) is 4.07. The van der Waals surface area contributed by atoms with Crippen LogP contribution in [0.3, 0.4) is 0 Å². The molecule has 0 amide bonds. The number of aromatic nitrogens is 1. The zero-order valence-corrected chi connectivity index (χ0v) is 15.1. The summed E-state index contributed by atoms with van der Waals surface area (Å²) in [7, 11) is -3.58. The Kier molecular flexibility index (Phi) is 4.82. The van der Waals surface area contributed by atoms with Crippen LogP contribution in [-0.2, 0) is 10.0 Å². The highest BCUT2D eigenvalue weighted by Crippen LogP contribution is 2.31. The maximum atomic E-state index is 13.2. The van der Waals surface area contributed by atoms with Gasteiger partial charge in [0.2, 0.25) is 10.0 Å². The van der Waals surface area contributed by atoms with Gasteiger partial charge in [-0.3, -0.25) is 4.98 Å². The fourth-order valence-electron chi connectivity index (χ4n) is 2.82. The fourth-order valence-corrected chi connectivity index (χ4v) is 5.18. The predicted octanol–water partition coefficient (Wildman–Crippen LogP) is 2.49. The molecule has 0 spiro atoms. The lowest BCUT2D eigenvalue weighted by Gasteiger charge is -2.35. The van der Waals surface area contributed by atoms with Gasteiger partial charge in [-0.25, -0.2) is 8.42 Å². The number of sulfonamides is 1. The van der Waals surface area contributed by atoms with Crippen LogP contribution in [0.5, 0.6) is 0 Å². The van der Waals surface area contributed by atoms with Crippen LogP contribution in [0.25, 0.3) is 0 Å². The SMILES string of the molecule is Cc1c(Br)cccc1S(=O)(=O)N1CCNCC1c1cccnc1. The number of nitrogens with zero attached hydrogens (tertiary/aromatic N) is 2. The molecule has 0 saturated carbocycles. The molecule has 1 aromatic heterocycles. The first-order chi connectivity index (χ1) is 11.0. The smallest absolute Gasteiger partial charge is 0.244 e. The molecule has 7 heteroatoms. The summed E-state index contributed by atoms with van der Waals surface area (Å²) in [4.78, 5) is 4.47. The van der Waals surface area contributed by atoms with E-state index >= 15 is 0 Å². The van der Waals surface area contributed by atoms with Gasteiger partial charge in [-0.15, -0.1) is 0 Å². The Bertz CT molecular complexity index is 796. The first kappa shape index (κ1) is 16.6. The highest BCUT2D eigenvalue weighted by atomic mass is 79.9. The number of piperazine rings is 1. The minimum atomic E-state index is -3.58. The molecule has 0 radical (unpaired) electrons. The van der Waals surface area contributed by atoms with Crippen molar-refractivity contribution in [3.05, 3.63) is 58.3 Å². The Morgan fingerprint density at radius 2 is 2.13 bits per heavy atom. The second-order valence-corrected chi connectivity index (χ2v) is 8.20. The predicted molar refractivity (Wildman–Crippen MR) is 92.6 cm³/mol. The van der Waals surface area contributed by atoms with Gasteiger partial charge < -0.3 is 5.32 Å². The molecular formula is C16H18BrN3O2S. The van der Waals surface area contributed by atoms with Crippen molar-refractivity contribution in [2.75, 3.05) is 19.6 Å². The molecule has 1 fully saturated rings. The van der Waals surface area contributed by atoms with Gasteiger partial charge in [0.05, 0.1) is 10.9 Å². The zero-order chi connectivity index (χ0) is 16.4. The van der Waals surface area contributed by atoms with Crippen molar-refractivity contribution in [2.45, 2.75) is 17.9 Å². The van der Waals surface area contributed by atoms with Gasteiger partial charge in [0, 0.05) is 36.5 Å². The van der Waals surface area contributed by atoms with Gasteiger partial charge in [-0.2, -0.15) is 4.31 Å². The first-order valence-corrected chi connectivity index (χ1v) is 9.62. The van der Waals surface area contributed by atoms with Gasteiger partial charge >= 0.3 is 0 Å². The molecule has 2 aromatic rings. The van der Waals surface area contributed by atoms with E-state index in [1.165, 1.54) is 0 Å². The number of nitrogens with one attached hydrogen (secondary N) is 1. The molecule has 5 nitrogen and oxygen atoms in total. The molecule has 122 valence electrons. The number of hydrogen-bond donors (Lipinski definition) is 1. The molecule has 1 saturated heterocycles. The lowest BCUT2D eigenvalue weighted by molar-refractivity contribution is 0.271. The largest absolute Gasteiger partial charge is 0.313 e. The van der Waals surface area contributed by atoms with Crippen molar-refractivity contribution in [3.63, 3.8) is 0 Å². The molecule has 1 unspecified atom stereocenters. The third kappa shape index (κ3) is 3.19. The maximum Gasteiger partial charge on any atom is 0.244 e. The average molecular weight is 396 g/mol. The number of benzene rings is 1. The van der Waals surface area contributed by atoms with Crippen LogP contribution in [0.4, 0.5) is 0 Å². The normalized spacial score (nSPS) is 19.7. The summed E-state index contributed by atoms with van der Waals surface area (Å²) < 4.78 is 28.8. The van der Waals surface area contributed by atoms with Crippen molar-refractivity contribution < 1.29 is 8.42 Å². The molecule has 1 aliphatic heterocycles. The van der Waals surface area contributed by atoms with E-state index in [4.69, 9.17) is 0 Å². The molecule has 1 atom stereocenters. The summed E-state index contributed by atoms with van der Waals surface area (Å²) in [6.07, 6.45) is 3.42. The van der Waals surface area contributed by atoms with Crippen LogP contribution in [0.15, 0.2) is 52.1 Å². The number of halogens is 1. The lowest BCUT2D eigenvalue weighted by Crippen LogP contribution is -2.48. The summed E-state index contributed by atoms with van der Waals surface area (Å²) >= 11 is 3.42. The molecule has 1 aliphatic rings. The van der Waals surface area contributed by atoms with E-state index in [2.05, 4.69) is 26.2 Å². The van der Waals surface area contributed by atoms with E-state index in [1.54, 1.807) is 28.8 Å². The molecule has 3 rings (SSSR count). The fraction of sp³-hybridized carbons (Fsp3) is 0.312. The Hall–Kier alpha value is -1.28. The van der Waals surface area contributed by atoms with E-state index in [-0.39, 0.29) is 6.04 Å². The van der Waals surface area contributed by atoms with Crippen LogP contribution >= 0.6 is 15.9 Å². The monoisotopic (exact) mass is 395 g/mol. The van der Waals surface area contributed by atoms with Crippen molar-refractivity contribution in [3.8, 4) is 0 Å². The minimum absolute atomic E-state index is 0.249.